The Bertz CT molecular complexity index is 772. The molecule has 0 saturated heterocycles. The normalized spacial score (nSPS) is 13.0. The Labute approximate surface area is 249 Å². The average Bonchev–Trinajstić information content (AvgIpc) is 2.93. The van der Waals surface area contributed by atoms with Gasteiger partial charge in [-0.1, -0.05) is 115 Å². The van der Waals surface area contributed by atoms with Crippen LogP contribution in [-0.2, 0) is 28.2 Å². The maximum absolute atomic E-state index is 12.3. The molecule has 41 heavy (non-hydrogen) atoms. The van der Waals surface area contributed by atoms with E-state index in [0.29, 0.717) is 6.42 Å². The highest BCUT2D eigenvalue weighted by Crippen LogP contribution is 2.35. The summed E-state index contributed by atoms with van der Waals surface area (Å²) in [5.41, 5.74) is 0. The van der Waals surface area contributed by atoms with Gasteiger partial charge >= 0.3 is 19.8 Å². The third-order valence-electron chi connectivity index (χ3n) is 6.42. The molecule has 238 valence electrons. The zero-order valence-corrected chi connectivity index (χ0v) is 26.6. The number of unbranched alkanes of at least 4 members (excludes halogenated alkanes) is 12. The maximum Gasteiger partial charge on any atom is 0.469 e. The van der Waals surface area contributed by atoms with Crippen LogP contribution >= 0.6 is 7.82 Å². The fourth-order valence-corrected chi connectivity index (χ4v) is 4.45. The quantitative estimate of drug-likeness (QED) is 0.0396. The van der Waals surface area contributed by atoms with Crippen LogP contribution in [0.4, 0.5) is 0 Å². The molecule has 0 aliphatic rings. The Morgan fingerprint density at radius 2 is 1.17 bits per heavy atom. The second-order valence-electron chi connectivity index (χ2n) is 10.4. The number of esters is 2. The summed E-state index contributed by atoms with van der Waals surface area (Å²) in [6.07, 6.45) is 30.2. The summed E-state index contributed by atoms with van der Waals surface area (Å²) in [5.74, 6) is -0.913. The van der Waals surface area contributed by atoms with E-state index in [1.165, 1.54) is 32.1 Å². The van der Waals surface area contributed by atoms with Gasteiger partial charge in [-0.05, 0) is 44.9 Å². The highest BCUT2D eigenvalue weighted by molar-refractivity contribution is 7.46. The Kier molecular flexibility index (Phi) is 27.2. The van der Waals surface area contributed by atoms with E-state index in [9.17, 15) is 14.2 Å². The number of ether oxygens (including phenoxy) is 2. The number of hydrogen-bond acceptors (Lipinski definition) is 6. The number of hydrogen-bond donors (Lipinski definition) is 2. The van der Waals surface area contributed by atoms with Crippen LogP contribution in [0.1, 0.15) is 136 Å². The predicted octanol–water partition coefficient (Wildman–Crippen LogP) is 8.67. The van der Waals surface area contributed by atoms with Crippen molar-refractivity contribution in [2.75, 3.05) is 13.2 Å². The van der Waals surface area contributed by atoms with Gasteiger partial charge in [0.15, 0.2) is 6.10 Å². The zero-order valence-electron chi connectivity index (χ0n) is 25.7. The van der Waals surface area contributed by atoms with Crippen molar-refractivity contribution in [3.8, 4) is 0 Å². The van der Waals surface area contributed by atoms with Crippen LogP contribution in [0.25, 0.3) is 0 Å². The van der Waals surface area contributed by atoms with E-state index in [2.05, 4.69) is 54.8 Å². The minimum atomic E-state index is -4.74. The van der Waals surface area contributed by atoms with Crippen molar-refractivity contribution in [2.24, 2.45) is 0 Å². The molecule has 0 spiro atoms. The lowest BCUT2D eigenvalue weighted by Gasteiger charge is -2.18. The number of phosphoric ester groups is 1. The van der Waals surface area contributed by atoms with Crippen LogP contribution in [-0.4, -0.2) is 41.0 Å². The van der Waals surface area contributed by atoms with Crippen LogP contribution in [0.3, 0.4) is 0 Å². The molecule has 1 unspecified atom stereocenters. The molecule has 0 fully saturated rings. The summed E-state index contributed by atoms with van der Waals surface area (Å²) >= 11 is 0. The molecule has 2 N–H and O–H groups in total. The van der Waals surface area contributed by atoms with E-state index >= 15 is 0 Å². The highest BCUT2D eigenvalue weighted by atomic mass is 31.2. The van der Waals surface area contributed by atoms with Crippen LogP contribution < -0.4 is 0 Å². The topological polar surface area (TPSA) is 119 Å². The van der Waals surface area contributed by atoms with Crippen LogP contribution in [0.2, 0.25) is 0 Å². The second kappa shape index (κ2) is 28.4. The fourth-order valence-electron chi connectivity index (χ4n) is 4.09. The van der Waals surface area contributed by atoms with E-state index < -0.39 is 32.5 Å². The fraction of sp³-hybridized carbons (Fsp3) is 0.750. The molecule has 0 aromatic carbocycles. The molecule has 8 nitrogen and oxygen atoms in total. The molecule has 0 amide bonds. The largest absolute Gasteiger partial charge is 0.469 e. The summed E-state index contributed by atoms with van der Waals surface area (Å²) in [6.45, 7) is 3.49. The Morgan fingerprint density at radius 1 is 0.659 bits per heavy atom. The molecular formula is C32H57O8P. The Morgan fingerprint density at radius 3 is 1.76 bits per heavy atom. The van der Waals surface area contributed by atoms with Crippen molar-refractivity contribution >= 4 is 19.8 Å². The van der Waals surface area contributed by atoms with Gasteiger partial charge in [0.05, 0.1) is 6.61 Å². The van der Waals surface area contributed by atoms with E-state index in [-0.39, 0.29) is 19.4 Å². The van der Waals surface area contributed by atoms with Crippen molar-refractivity contribution < 1.29 is 37.9 Å². The maximum atomic E-state index is 12.3. The van der Waals surface area contributed by atoms with Gasteiger partial charge in [0.1, 0.15) is 6.61 Å². The van der Waals surface area contributed by atoms with Crippen molar-refractivity contribution in [1.29, 1.82) is 0 Å². The highest BCUT2D eigenvalue weighted by Gasteiger charge is 2.22. The Balaban J connectivity index is 4.07. The number of carbonyl (C=O) groups excluding carboxylic acids is 2. The minimum Gasteiger partial charge on any atom is -0.462 e. The summed E-state index contributed by atoms with van der Waals surface area (Å²) < 4.78 is 26.1. The number of phosphoric acid groups is 1. The molecule has 0 radical (unpaired) electrons. The van der Waals surface area contributed by atoms with Gasteiger partial charge in [0.2, 0.25) is 0 Å². The van der Waals surface area contributed by atoms with E-state index in [1.807, 2.05) is 0 Å². The first-order valence-corrected chi connectivity index (χ1v) is 17.3. The van der Waals surface area contributed by atoms with Gasteiger partial charge in [-0.3, -0.25) is 14.1 Å². The third kappa shape index (κ3) is 31.0. The third-order valence-corrected chi connectivity index (χ3v) is 6.91. The molecule has 0 saturated carbocycles. The van der Waals surface area contributed by atoms with Crippen molar-refractivity contribution in [3.05, 3.63) is 36.5 Å². The molecule has 0 aromatic rings. The number of allylic oxidation sites excluding steroid dienone is 6. The molecule has 0 heterocycles. The van der Waals surface area contributed by atoms with Crippen molar-refractivity contribution in [2.45, 2.75) is 142 Å². The van der Waals surface area contributed by atoms with Gasteiger partial charge < -0.3 is 19.3 Å². The van der Waals surface area contributed by atoms with Gasteiger partial charge in [-0.15, -0.1) is 0 Å². The summed E-state index contributed by atoms with van der Waals surface area (Å²) in [7, 11) is -4.74. The summed E-state index contributed by atoms with van der Waals surface area (Å²) in [4.78, 5) is 42.3. The first-order valence-electron chi connectivity index (χ1n) is 15.8. The smallest absolute Gasteiger partial charge is 0.462 e. The van der Waals surface area contributed by atoms with E-state index in [0.717, 1.165) is 70.6 Å². The van der Waals surface area contributed by atoms with E-state index in [4.69, 9.17) is 19.3 Å². The van der Waals surface area contributed by atoms with Gasteiger partial charge in [-0.2, -0.15) is 0 Å². The number of rotatable bonds is 28. The van der Waals surface area contributed by atoms with E-state index in [1.54, 1.807) is 0 Å². The molecule has 0 rings (SSSR count). The minimum absolute atomic E-state index is 0.193. The molecule has 1 atom stereocenters. The average molecular weight is 601 g/mol. The van der Waals surface area contributed by atoms with Gasteiger partial charge in [0.25, 0.3) is 0 Å². The van der Waals surface area contributed by atoms with Crippen molar-refractivity contribution in [3.63, 3.8) is 0 Å². The summed E-state index contributed by atoms with van der Waals surface area (Å²) in [5, 5.41) is 0. The molecule has 0 aliphatic carbocycles. The first kappa shape index (κ1) is 39.3. The molecule has 0 aliphatic heterocycles. The molecule has 0 bridgehead atoms. The van der Waals surface area contributed by atoms with Crippen LogP contribution in [0, 0.1) is 0 Å². The lowest BCUT2D eigenvalue weighted by molar-refractivity contribution is -0.161. The number of carbonyl (C=O) groups is 2. The van der Waals surface area contributed by atoms with Crippen LogP contribution in [0.5, 0.6) is 0 Å². The molecular weight excluding hydrogens is 543 g/mol. The second-order valence-corrected chi connectivity index (χ2v) is 11.6. The zero-order chi connectivity index (χ0) is 30.4. The Hall–Kier alpha value is -1.73. The van der Waals surface area contributed by atoms with Crippen LogP contribution in [0.15, 0.2) is 36.5 Å². The molecule has 0 aromatic heterocycles. The van der Waals surface area contributed by atoms with Gasteiger partial charge in [-0.25, -0.2) is 4.57 Å². The summed E-state index contributed by atoms with van der Waals surface area (Å²) in [6, 6.07) is 0. The van der Waals surface area contributed by atoms with Crippen molar-refractivity contribution in [1.82, 2.24) is 0 Å². The molecule has 9 heteroatoms. The monoisotopic (exact) mass is 600 g/mol. The standard InChI is InChI=1S/C32H57O8P/c1-3-5-7-9-11-13-14-15-16-17-18-19-21-23-25-27-32(34)40-30(29-39-41(35,36)37)28-38-31(33)26-24-22-20-12-10-8-6-4-2/h5,7,11,13,15-16,30H,3-4,6,8-10,12,14,17-29H2,1-2H3,(H2,35,36,37)/b7-5-,13-11-,16-15-. The predicted molar refractivity (Wildman–Crippen MR) is 165 cm³/mol. The van der Waals surface area contributed by atoms with Gasteiger partial charge in [0, 0.05) is 12.8 Å². The first-order chi connectivity index (χ1) is 19.8. The lowest BCUT2D eigenvalue weighted by atomic mass is 10.1. The SMILES string of the molecule is CC/C=C\C/C=C\C/C=C\CCCCCCCC(=O)OC(COC(=O)CCCCCCCCCC)COP(=O)(O)O. The lowest BCUT2D eigenvalue weighted by Crippen LogP contribution is -2.29.